The number of primary amides is 1. The summed E-state index contributed by atoms with van der Waals surface area (Å²) in [6.45, 7) is 1.15. The second-order valence-electron chi connectivity index (χ2n) is 7.02. The van der Waals surface area contributed by atoms with Gasteiger partial charge in [-0.05, 0) is 18.2 Å². The summed E-state index contributed by atoms with van der Waals surface area (Å²) in [7, 11) is 3.12. The highest BCUT2D eigenvalue weighted by Gasteiger charge is 2.42. The van der Waals surface area contributed by atoms with Crippen LogP contribution in [0.3, 0.4) is 0 Å². The fraction of sp³-hybridized carbons (Fsp3) is 0.333. The molecular formula is C21H22FN5O4. The molecule has 1 atom stereocenters. The number of nitrogens with two attached hydrogens (primary N) is 1. The Kier molecular flexibility index (Phi) is 6.48. The molecule has 1 aliphatic rings. The van der Waals surface area contributed by atoms with Crippen molar-refractivity contribution in [3.63, 3.8) is 0 Å². The Morgan fingerprint density at radius 2 is 2.26 bits per heavy atom. The van der Waals surface area contributed by atoms with Crippen molar-refractivity contribution in [2.45, 2.75) is 12.0 Å². The van der Waals surface area contributed by atoms with Crippen molar-refractivity contribution in [3.05, 3.63) is 41.5 Å². The van der Waals surface area contributed by atoms with Crippen LogP contribution < -0.4 is 11.1 Å². The second kappa shape index (κ2) is 9.07. The molecule has 1 saturated heterocycles. The van der Waals surface area contributed by atoms with Gasteiger partial charge in [0.25, 0.3) is 11.8 Å². The summed E-state index contributed by atoms with van der Waals surface area (Å²) in [5.74, 6) is 3.56. The van der Waals surface area contributed by atoms with E-state index in [1.54, 1.807) is 7.05 Å². The first-order valence-electron chi connectivity index (χ1n) is 9.46. The maximum Gasteiger partial charge on any atom is 0.271 e. The van der Waals surface area contributed by atoms with Crippen molar-refractivity contribution in [1.29, 1.82) is 0 Å². The molecular weight excluding hydrogens is 405 g/mol. The number of likely N-dealkylation sites (tertiary alicyclic amines) is 1. The highest BCUT2D eigenvalue weighted by atomic mass is 19.1. The third-order valence-corrected chi connectivity index (χ3v) is 4.77. The number of halogens is 1. The zero-order valence-electron chi connectivity index (χ0n) is 17.1. The molecule has 0 radical (unpaired) electrons. The summed E-state index contributed by atoms with van der Waals surface area (Å²) < 4.78 is 19.4. The average Bonchev–Trinajstić information content (AvgIpc) is 3.01. The van der Waals surface area contributed by atoms with E-state index in [9.17, 15) is 19.1 Å². The number of carbonyl (C=O) groups excluding carboxylic acids is 2. The number of aromatic nitrogens is 2. The number of hydrogen-bond donors (Lipinski definition) is 3. The number of benzene rings is 1. The van der Waals surface area contributed by atoms with Gasteiger partial charge in [-0.15, -0.1) is 0 Å². The zero-order valence-corrected chi connectivity index (χ0v) is 17.1. The molecule has 4 N–H and O–H groups in total. The number of nitrogens with one attached hydrogen (secondary N) is 1. The predicted octanol–water partition coefficient (Wildman–Crippen LogP) is 0.385. The van der Waals surface area contributed by atoms with Gasteiger partial charge in [-0.25, -0.2) is 14.4 Å². The van der Waals surface area contributed by atoms with Crippen molar-refractivity contribution >= 4 is 17.6 Å². The average molecular weight is 427 g/mol. The maximum absolute atomic E-state index is 14.5. The third kappa shape index (κ3) is 4.79. The highest BCUT2D eigenvalue weighted by molar-refractivity contribution is 5.96. The zero-order chi connectivity index (χ0) is 22.6. The summed E-state index contributed by atoms with van der Waals surface area (Å²) in [6.07, 6.45) is 1.49. The van der Waals surface area contributed by atoms with Crippen molar-refractivity contribution in [2.24, 2.45) is 5.73 Å². The monoisotopic (exact) mass is 427 g/mol. The first-order valence-corrected chi connectivity index (χ1v) is 9.46. The standard InChI is InChI=1S/C21H22FN5O4/c1-27-9-7-21(30,20(27)29)6-5-13-3-4-15(22)14(11-13)16-12-25-19(24-8-10-31-2)17(26-16)18(23)28/h3-4,11-12,30H,7-10H2,1-2H3,(H2,23,28)(H,24,25). The fourth-order valence-corrected chi connectivity index (χ4v) is 3.04. The minimum atomic E-state index is -1.77. The van der Waals surface area contributed by atoms with Crippen LogP contribution in [0, 0.1) is 17.7 Å². The molecule has 1 aliphatic heterocycles. The first kappa shape index (κ1) is 22.1. The smallest absolute Gasteiger partial charge is 0.271 e. The molecule has 0 spiro atoms. The molecule has 1 aromatic carbocycles. The van der Waals surface area contributed by atoms with Crippen molar-refractivity contribution in [2.75, 3.05) is 39.2 Å². The molecule has 31 heavy (non-hydrogen) atoms. The number of anilines is 1. The van der Waals surface area contributed by atoms with Crippen LogP contribution in [0.2, 0.25) is 0 Å². The van der Waals surface area contributed by atoms with E-state index in [0.29, 0.717) is 25.3 Å². The number of ether oxygens (including phenoxy) is 1. The second-order valence-corrected chi connectivity index (χ2v) is 7.02. The van der Waals surface area contributed by atoms with Gasteiger partial charge < -0.3 is 25.8 Å². The molecule has 2 heterocycles. The van der Waals surface area contributed by atoms with E-state index in [4.69, 9.17) is 10.5 Å². The fourth-order valence-electron chi connectivity index (χ4n) is 3.04. The van der Waals surface area contributed by atoms with E-state index in [-0.39, 0.29) is 29.2 Å². The Morgan fingerprint density at radius 1 is 1.48 bits per heavy atom. The highest BCUT2D eigenvalue weighted by Crippen LogP contribution is 2.25. The number of amides is 2. The predicted molar refractivity (Wildman–Crippen MR) is 110 cm³/mol. The number of carbonyl (C=O) groups is 2. The lowest BCUT2D eigenvalue weighted by Crippen LogP contribution is -2.37. The molecule has 0 bridgehead atoms. The van der Waals surface area contributed by atoms with Gasteiger partial charge in [0.15, 0.2) is 11.5 Å². The van der Waals surface area contributed by atoms with Gasteiger partial charge in [0.05, 0.1) is 18.5 Å². The first-order chi connectivity index (χ1) is 14.7. The SMILES string of the molecule is COCCNc1ncc(-c2cc(C#CC3(O)CCN(C)C3=O)ccc2F)nc1C(N)=O. The van der Waals surface area contributed by atoms with Crippen LogP contribution in [0.25, 0.3) is 11.3 Å². The van der Waals surface area contributed by atoms with Crippen molar-refractivity contribution < 1.29 is 23.8 Å². The van der Waals surface area contributed by atoms with Crippen LogP contribution in [0.5, 0.6) is 0 Å². The van der Waals surface area contributed by atoms with Gasteiger partial charge in [-0.1, -0.05) is 11.8 Å². The van der Waals surface area contributed by atoms with Crippen LogP contribution in [-0.4, -0.2) is 71.2 Å². The van der Waals surface area contributed by atoms with E-state index < -0.39 is 23.2 Å². The van der Waals surface area contributed by atoms with Gasteiger partial charge in [-0.2, -0.15) is 0 Å². The van der Waals surface area contributed by atoms with Crippen LogP contribution in [-0.2, 0) is 9.53 Å². The Morgan fingerprint density at radius 3 is 2.90 bits per heavy atom. The van der Waals surface area contributed by atoms with Gasteiger partial charge in [0.2, 0.25) is 5.60 Å². The summed E-state index contributed by atoms with van der Waals surface area (Å²) in [5, 5.41) is 13.3. The molecule has 1 unspecified atom stereocenters. The van der Waals surface area contributed by atoms with Gasteiger partial charge in [0, 0.05) is 44.8 Å². The summed E-state index contributed by atoms with van der Waals surface area (Å²) in [6, 6.07) is 4.01. The Balaban J connectivity index is 1.94. The molecule has 0 aliphatic carbocycles. The number of hydrogen-bond acceptors (Lipinski definition) is 7. The van der Waals surface area contributed by atoms with E-state index in [2.05, 4.69) is 27.1 Å². The lowest BCUT2D eigenvalue weighted by molar-refractivity contribution is -0.137. The number of methoxy groups -OCH3 is 1. The molecule has 3 rings (SSSR count). The Hall–Kier alpha value is -3.55. The Labute approximate surface area is 178 Å². The molecule has 1 fully saturated rings. The molecule has 9 nitrogen and oxygen atoms in total. The molecule has 0 saturated carbocycles. The molecule has 162 valence electrons. The van der Waals surface area contributed by atoms with Gasteiger partial charge >= 0.3 is 0 Å². The summed E-state index contributed by atoms with van der Waals surface area (Å²) in [4.78, 5) is 33.5. The summed E-state index contributed by atoms with van der Waals surface area (Å²) in [5.41, 5.74) is 3.98. The van der Waals surface area contributed by atoms with E-state index in [0.717, 1.165) is 0 Å². The normalized spacial score (nSPS) is 17.9. The van der Waals surface area contributed by atoms with E-state index in [1.807, 2.05) is 0 Å². The van der Waals surface area contributed by atoms with Crippen LogP contribution in [0.1, 0.15) is 22.5 Å². The number of aliphatic hydroxyl groups is 1. The quantitative estimate of drug-likeness (QED) is 0.449. The Bertz CT molecular complexity index is 1080. The largest absolute Gasteiger partial charge is 0.383 e. The topological polar surface area (TPSA) is 131 Å². The molecule has 2 amide bonds. The maximum atomic E-state index is 14.5. The lowest BCUT2D eigenvalue weighted by atomic mass is 10.0. The van der Waals surface area contributed by atoms with Crippen LogP contribution >= 0.6 is 0 Å². The van der Waals surface area contributed by atoms with Crippen molar-refractivity contribution in [1.82, 2.24) is 14.9 Å². The number of nitrogens with zero attached hydrogens (tertiary/aromatic N) is 3. The third-order valence-electron chi connectivity index (χ3n) is 4.77. The van der Waals surface area contributed by atoms with Gasteiger partial charge in [-0.3, -0.25) is 9.59 Å². The number of rotatable bonds is 6. The van der Waals surface area contributed by atoms with E-state index in [1.165, 1.54) is 36.4 Å². The number of likely N-dealkylation sites (N-methyl/N-ethyl adjacent to an activating group) is 1. The van der Waals surface area contributed by atoms with Crippen molar-refractivity contribution in [3.8, 4) is 23.1 Å². The van der Waals surface area contributed by atoms with Crippen LogP contribution in [0.4, 0.5) is 10.2 Å². The summed E-state index contributed by atoms with van der Waals surface area (Å²) >= 11 is 0. The molecule has 2 aromatic rings. The van der Waals surface area contributed by atoms with Crippen LogP contribution in [0.15, 0.2) is 24.4 Å². The molecule has 10 heteroatoms. The van der Waals surface area contributed by atoms with E-state index >= 15 is 0 Å². The minimum absolute atomic E-state index is 0.0482. The van der Waals surface area contributed by atoms with Gasteiger partial charge in [0.1, 0.15) is 5.82 Å². The minimum Gasteiger partial charge on any atom is -0.383 e. The lowest BCUT2D eigenvalue weighted by Gasteiger charge is -2.13. The molecule has 1 aromatic heterocycles.